The maximum Gasteiger partial charge on any atom is 0.160 e. The van der Waals surface area contributed by atoms with Crippen molar-refractivity contribution in [2.75, 3.05) is 14.2 Å². The molecule has 0 amide bonds. The quantitative estimate of drug-likeness (QED) is 0.753. The van der Waals surface area contributed by atoms with Gasteiger partial charge in [-0.2, -0.15) is 0 Å². The molecule has 2 rings (SSSR count). The number of aryl methyl sites for hydroxylation is 1. The highest BCUT2D eigenvalue weighted by molar-refractivity contribution is 6.20. The fraction of sp³-hybridized carbons (Fsp3) is 0.294. The molecule has 0 saturated carbocycles. The summed E-state index contributed by atoms with van der Waals surface area (Å²) in [7, 11) is 3.27. The fourth-order valence-corrected chi connectivity index (χ4v) is 2.43. The second kappa shape index (κ2) is 6.67. The van der Waals surface area contributed by atoms with E-state index in [1.807, 2.05) is 18.2 Å². The van der Waals surface area contributed by atoms with Crippen LogP contribution in [0, 0.1) is 6.92 Å². The van der Waals surface area contributed by atoms with E-state index in [-0.39, 0.29) is 5.38 Å². The monoisotopic (exact) mass is 290 g/mol. The normalized spacial score (nSPS) is 12.0. The van der Waals surface area contributed by atoms with Gasteiger partial charge < -0.3 is 9.47 Å². The van der Waals surface area contributed by atoms with Crippen molar-refractivity contribution in [1.29, 1.82) is 0 Å². The molecule has 3 heteroatoms. The van der Waals surface area contributed by atoms with E-state index in [1.54, 1.807) is 14.2 Å². The van der Waals surface area contributed by atoms with Crippen LogP contribution in [0.5, 0.6) is 11.5 Å². The zero-order valence-electron chi connectivity index (χ0n) is 12.0. The third-order valence-corrected chi connectivity index (χ3v) is 3.71. The molecule has 1 atom stereocenters. The van der Waals surface area contributed by atoms with Crippen molar-refractivity contribution in [3.63, 3.8) is 0 Å². The first-order valence-corrected chi connectivity index (χ1v) is 6.99. The topological polar surface area (TPSA) is 18.5 Å². The van der Waals surface area contributed by atoms with Gasteiger partial charge >= 0.3 is 0 Å². The summed E-state index contributed by atoms with van der Waals surface area (Å²) >= 11 is 6.49. The van der Waals surface area contributed by atoms with Crippen molar-refractivity contribution in [2.24, 2.45) is 0 Å². The van der Waals surface area contributed by atoms with E-state index in [1.165, 1.54) is 5.56 Å². The molecule has 0 aliphatic heterocycles. The average Bonchev–Trinajstić information content (AvgIpc) is 2.47. The second-order valence-corrected chi connectivity index (χ2v) is 5.30. The van der Waals surface area contributed by atoms with Crippen LogP contribution in [0.1, 0.15) is 22.1 Å². The van der Waals surface area contributed by atoms with E-state index in [4.69, 9.17) is 21.1 Å². The zero-order valence-corrected chi connectivity index (χ0v) is 12.8. The van der Waals surface area contributed by atoms with E-state index < -0.39 is 0 Å². The van der Waals surface area contributed by atoms with Crippen LogP contribution in [0.2, 0.25) is 0 Å². The summed E-state index contributed by atoms with van der Waals surface area (Å²) in [5.41, 5.74) is 3.50. The lowest BCUT2D eigenvalue weighted by atomic mass is 10.0. The molecule has 0 aliphatic carbocycles. The van der Waals surface area contributed by atoms with Crippen molar-refractivity contribution in [3.8, 4) is 11.5 Å². The molecule has 2 aromatic rings. The summed E-state index contributed by atoms with van der Waals surface area (Å²) in [6, 6.07) is 14.2. The summed E-state index contributed by atoms with van der Waals surface area (Å²) in [6.07, 6.45) is 0.755. The number of halogens is 1. The van der Waals surface area contributed by atoms with Crippen molar-refractivity contribution in [1.82, 2.24) is 0 Å². The number of ether oxygens (including phenoxy) is 2. The maximum absolute atomic E-state index is 6.49. The van der Waals surface area contributed by atoms with Crippen molar-refractivity contribution >= 4 is 11.6 Å². The Bertz CT molecular complexity index is 564. The Morgan fingerprint density at radius 2 is 1.60 bits per heavy atom. The molecule has 0 fully saturated rings. The smallest absolute Gasteiger partial charge is 0.160 e. The Morgan fingerprint density at radius 3 is 2.20 bits per heavy atom. The Balaban J connectivity index is 2.15. The third-order valence-electron chi connectivity index (χ3n) is 3.30. The summed E-state index contributed by atoms with van der Waals surface area (Å²) in [4.78, 5) is 0. The van der Waals surface area contributed by atoms with Gasteiger partial charge in [0.2, 0.25) is 0 Å². The van der Waals surface area contributed by atoms with Crippen LogP contribution in [-0.2, 0) is 6.42 Å². The van der Waals surface area contributed by atoms with Crippen LogP contribution in [0.4, 0.5) is 0 Å². The highest BCUT2D eigenvalue weighted by Gasteiger charge is 2.11. The average molecular weight is 291 g/mol. The molecule has 0 heterocycles. The number of alkyl halides is 1. The fourth-order valence-electron chi connectivity index (χ4n) is 2.11. The molecule has 0 aromatic heterocycles. The zero-order chi connectivity index (χ0) is 14.5. The van der Waals surface area contributed by atoms with Gasteiger partial charge in [-0.25, -0.2) is 0 Å². The lowest BCUT2D eigenvalue weighted by Gasteiger charge is -2.13. The standard InChI is InChI=1S/C17H19ClO2/c1-12-4-7-14(8-5-12)15(18)10-13-6-9-16(19-2)17(11-13)20-3/h4-9,11,15H,10H2,1-3H3. The SMILES string of the molecule is COc1ccc(CC(Cl)c2ccc(C)cc2)cc1OC. The van der Waals surface area contributed by atoms with Gasteiger partial charge in [-0.1, -0.05) is 35.9 Å². The lowest BCUT2D eigenvalue weighted by molar-refractivity contribution is 0.354. The molecule has 20 heavy (non-hydrogen) atoms. The Labute approximate surface area is 125 Å². The van der Waals surface area contributed by atoms with Gasteiger partial charge in [-0.05, 0) is 36.6 Å². The van der Waals surface area contributed by atoms with Gasteiger partial charge in [0.05, 0.1) is 19.6 Å². The first-order chi connectivity index (χ1) is 9.63. The molecule has 0 radical (unpaired) electrons. The van der Waals surface area contributed by atoms with Gasteiger partial charge in [0, 0.05) is 0 Å². The highest BCUT2D eigenvalue weighted by atomic mass is 35.5. The minimum Gasteiger partial charge on any atom is -0.493 e. The van der Waals surface area contributed by atoms with Crippen LogP contribution < -0.4 is 9.47 Å². The molecule has 0 bridgehead atoms. The predicted molar refractivity (Wildman–Crippen MR) is 83.0 cm³/mol. The van der Waals surface area contributed by atoms with Crippen LogP contribution in [0.15, 0.2) is 42.5 Å². The molecule has 0 aliphatic rings. The molecular weight excluding hydrogens is 272 g/mol. The van der Waals surface area contributed by atoms with Gasteiger partial charge in [-0.15, -0.1) is 11.6 Å². The third kappa shape index (κ3) is 3.45. The van der Waals surface area contributed by atoms with Crippen LogP contribution >= 0.6 is 11.6 Å². The second-order valence-electron chi connectivity index (χ2n) is 4.77. The Kier molecular flexibility index (Phi) is 4.91. The minimum absolute atomic E-state index is 0.0475. The van der Waals surface area contributed by atoms with Crippen LogP contribution in [0.25, 0.3) is 0 Å². The summed E-state index contributed by atoms with van der Waals surface area (Å²) < 4.78 is 10.5. The van der Waals surface area contributed by atoms with Crippen LogP contribution in [-0.4, -0.2) is 14.2 Å². The molecule has 106 valence electrons. The number of rotatable bonds is 5. The van der Waals surface area contributed by atoms with Gasteiger partial charge in [0.1, 0.15) is 0 Å². The molecule has 0 N–H and O–H groups in total. The lowest BCUT2D eigenvalue weighted by Crippen LogP contribution is -1.98. The summed E-state index contributed by atoms with van der Waals surface area (Å²) in [6.45, 7) is 2.07. The summed E-state index contributed by atoms with van der Waals surface area (Å²) in [5.74, 6) is 1.47. The van der Waals surface area contributed by atoms with E-state index in [9.17, 15) is 0 Å². The van der Waals surface area contributed by atoms with E-state index in [0.29, 0.717) is 0 Å². The first-order valence-electron chi connectivity index (χ1n) is 6.55. The minimum atomic E-state index is -0.0475. The van der Waals surface area contributed by atoms with Crippen molar-refractivity contribution < 1.29 is 9.47 Å². The van der Waals surface area contributed by atoms with E-state index in [0.717, 1.165) is 29.0 Å². The molecule has 2 aromatic carbocycles. The van der Waals surface area contributed by atoms with E-state index >= 15 is 0 Å². The summed E-state index contributed by atoms with van der Waals surface area (Å²) in [5, 5.41) is -0.0475. The maximum atomic E-state index is 6.49. The molecule has 0 spiro atoms. The molecular formula is C17H19ClO2. The number of benzene rings is 2. The highest BCUT2D eigenvalue weighted by Crippen LogP contribution is 2.31. The van der Waals surface area contributed by atoms with Crippen LogP contribution in [0.3, 0.4) is 0 Å². The van der Waals surface area contributed by atoms with Crippen molar-refractivity contribution in [2.45, 2.75) is 18.7 Å². The molecule has 0 saturated heterocycles. The number of hydrogen-bond donors (Lipinski definition) is 0. The van der Waals surface area contributed by atoms with E-state index in [2.05, 4.69) is 31.2 Å². The predicted octanol–water partition coefficient (Wildman–Crippen LogP) is 4.53. The Hall–Kier alpha value is -1.67. The Morgan fingerprint density at radius 1 is 0.950 bits per heavy atom. The van der Waals surface area contributed by atoms with Gasteiger partial charge in [-0.3, -0.25) is 0 Å². The number of hydrogen-bond acceptors (Lipinski definition) is 2. The molecule has 1 unspecified atom stereocenters. The largest absolute Gasteiger partial charge is 0.493 e. The van der Waals surface area contributed by atoms with Crippen molar-refractivity contribution in [3.05, 3.63) is 59.2 Å². The number of methoxy groups -OCH3 is 2. The van der Waals surface area contributed by atoms with Gasteiger partial charge in [0.15, 0.2) is 11.5 Å². The first kappa shape index (κ1) is 14.7. The molecule has 2 nitrogen and oxygen atoms in total. The van der Waals surface area contributed by atoms with Gasteiger partial charge in [0.25, 0.3) is 0 Å².